The van der Waals surface area contributed by atoms with Crippen LogP contribution in [-0.2, 0) is 19.1 Å². The van der Waals surface area contributed by atoms with Gasteiger partial charge in [0, 0.05) is 25.9 Å². The van der Waals surface area contributed by atoms with Gasteiger partial charge in [0.15, 0.2) is 5.79 Å². The number of benzene rings is 1. The largest absolute Gasteiger partial charge is 0.468 e. The average Bonchev–Trinajstić information content (AvgIpc) is 3.02. The Balaban J connectivity index is 1.44. The number of hydrogen-bond donors (Lipinski definition) is 1. The summed E-state index contributed by atoms with van der Waals surface area (Å²) in [4.78, 5) is 26.4. The predicted octanol–water partition coefficient (Wildman–Crippen LogP) is 0.752. The van der Waals surface area contributed by atoms with Gasteiger partial charge in [-0.05, 0) is 12.1 Å². The molecule has 7 nitrogen and oxygen atoms in total. The van der Waals surface area contributed by atoms with Crippen molar-refractivity contribution in [1.82, 2.24) is 4.90 Å². The molecule has 1 aromatic rings. The fourth-order valence-electron chi connectivity index (χ4n) is 3.23. The van der Waals surface area contributed by atoms with Gasteiger partial charge in [-0.3, -0.25) is 9.59 Å². The van der Waals surface area contributed by atoms with E-state index >= 15 is 0 Å². The Morgan fingerprint density at radius 1 is 1.17 bits per heavy atom. The molecule has 0 bridgehead atoms. The summed E-state index contributed by atoms with van der Waals surface area (Å²) in [6.07, 6.45) is 0.0946. The first-order valence-corrected chi connectivity index (χ1v) is 7.80. The second-order valence-corrected chi connectivity index (χ2v) is 5.92. The topological polar surface area (TPSA) is 77.1 Å². The lowest BCUT2D eigenvalue weighted by molar-refractivity contribution is -0.189. The summed E-state index contributed by atoms with van der Waals surface area (Å²) < 4.78 is 16.9. The molecule has 2 saturated heterocycles. The Bertz CT molecular complexity index is 631. The van der Waals surface area contributed by atoms with Gasteiger partial charge in [0.1, 0.15) is 5.75 Å². The fourth-order valence-corrected chi connectivity index (χ4v) is 3.23. The smallest absolute Gasteiger partial charge is 0.275 e. The van der Waals surface area contributed by atoms with E-state index in [0.717, 1.165) is 0 Å². The van der Waals surface area contributed by atoms with Crippen molar-refractivity contribution in [3.05, 3.63) is 24.3 Å². The monoisotopic (exact) mass is 318 g/mol. The Hall–Kier alpha value is -2.12. The maximum Gasteiger partial charge on any atom is 0.275 e. The molecule has 1 N–H and O–H groups in total. The van der Waals surface area contributed by atoms with Gasteiger partial charge in [-0.15, -0.1) is 0 Å². The van der Waals surface area contributed by atoms with Crippen molar-refractivity contribution in [2.24, 2.45) is 0 Å². The lowest BCUT2D eigenvalue weighted by Crippen LogP contribution is -2.54. The van der Waals surface area contributed by atoms with Crippen LogP contribution in [0.15, 0.2) is 24.3 Å². The number of likely N-dealkylation sites (tertiary alicyclic amines) is 1. The number of piperidine rings is 1. The first-order chi connectivity index (χ1) is 11.2. The van der Waals surface area contributed by atoms with Crippen molar-refractivity contribution in [1.29, 1.82) is 0 Å². The minimum atomic E-state index is -1.13. The van der Waals surface area contributed by atoms with Crippen LogP contribution in [-0.4, -0.2) is 54.9 Å². The minimum absolute atomic E-state index is 0.315. The fraction of sp³-hybridized carbons (Fsp3) is 0.500. The van der Waals surface area contributed by atoms with Gasteiger partial charge in [0.05, 0.1) is 18.9 Å². The molecule has 122 valence electrons. The molecule has 4 rings (SSSR count). The van der Waals surface area contributed by atoms with E-state index in [4.69, 9.17) is 14.2 Å². The number of nitrogens with zero attached hydrogens (tertiary/aromatic N) is 1. The summed E-state index contributed by atoms with van der Waals surface area (Å²) in [5.41, 5.74) is 0.590. The summed E-state index contributed by atoms with van der Waals surface area (Å²) in [5.74, 6) is -0.771. The summed E-state index contributed by atoms with van der Waals surface area (Å²) in [6, 6.07) is 7.08. The zero-order valence-electron chi connectivity index (χ0n) is 12.6. The number of amides is 2. The van der Waals surface area contributed by atoms with E-state index in [1.807, 2.05) is 0 Å². The molecule has 0 aromatic heterocycles. The lowest BCUT2D eigenvalue weighted by atomic mass is 10.0. The molecule has 1 aromatic carbocycles. The maximum absolute atomic E-state index is 12.6. The third-order valence-corrected chi connectivity index (χ3v) is 4.50. The number of nitrogens with one attached hydrogen (secondary N) is 1. The zero-order chi connectivity index (χ0) is 15.9. The second kappa shape index (κ2) is 5.50. The van der Waals surface area contributed by atoms with Crippen molar-refractivity contribution in [3.8, 4) is 5.75 Å². The highest BCUT2D eigenvalue weighted by Crippen LogP contribution is 2.33. The molecule has 0 unspecified atom stereocenters. The van der Waals surface area contributed by atoms with E-state index in [1.165, 1.54) is 0 Å². The number of carbonyl (C=O) groups excluding carboxylic acids is 2. The summed E-state index contributed by atoms with van der Waals surface area (Å²) in [6.45, 7) is 2.18. The van der Waals surface area contributed by atoms with E-state index in [1.54, 1.807) is 29.2 Å². The van der Waals surface area contributed by atoms with Gasteiger partial charge in [-0.2, -0.15) is 0 Å². The van der Waals surface area contributed by atoms with Crippen LogP contribution in [0.25, 0.3) is 0 Å². The van der Waals surface area contributed by atoms with Gasteiger partial charge in [-0.25, -0.2) is 0 Å². The number of ether oxygens (including phenoxy) is 3. The van der Waals surface area contributed by atoms with E-state index in [-0.39, 0.29) is 5.91 Å². The van der Waals surface area contributed by atoms with Crippen molar-refractivity contribution >= 4 is 17.5 Å². The Kier molecular flexibility index (Phi) is 3.46. The van der Waals surface area contributed by atoms with Gasteiger partial charge in [0.25, 0.3) is 17.9 Å². The second-order valence-electron chi connectivity index (χ2n) is 5.92. The Labute approximate surface area is 133 Å². The number of rotatable bonds is 1. The van der Waals surface area contributed by atoms with Crippen LogP contribution in [0.5, 0.6) is 5.75 Å². The molecule has 2 amide bonds. The highest BCUT2D eigenvalue weighted by Gasteiger charge is 2.44. The first kappa shape index (κ1) is 14.5. The van der Waals surface area contributed by atoms with E-state index in [0.29, 0.717) is 50.6 Å². The normalized spacial score (nSPS) is 25.7. The average molecular weight is 318 g/mol. The van der Waals surface area contributed by atoms with Crippen LogP contribution < -0.4 is 10.1 Å². The molecular weight excluding hydrogens is 300 g/mol. The summed E-state index contributed by atoms with van der Waals surface area (Å²) >= 11 is 0. The van der Waals surface area contributed by atoms with Crippen LogP contribution in [0.4, 0.5) is 5.69 Å². The molecule has 7 heteroatoms. The Morgan fingerprint density at radius 2 is 1.87 bits per heavy atom. The number of fused-ring (bicyclic) bond motifs is 1. The van der Waals surface area contributed by atoms with Crippen molar-refractivity contribution in [3.63, 3.8) is 0 Å². The highest BCUT2D eigenvalue weighted by molar-refractivity contribution is 6.11. The quantitative estimate of drug-likeness (QED) is 0.773. The number of carbonyl (C=O) groups is 2. The molecule has 2 fully saturated rings. The molecule has 0 radical (unpaired) electrons. The molecule has 0 aliphatic carbocycles. The van der Waals surface area contributed by atoms with Gasteiger partial charge in [-0.1, -0.05) is 12.1 Å². The molecule has 3 aliphatic heterocycles. The number of para-hydroxylation sites is 2. The van der Waals surface area contributed by atoms with E-state index in [9.17, 15) is 9.59 Å². The van der Waals surface area contributed by atoms with Crippen LogP contribution in [0, 0.1) is 0 Å². The van der Waals surface area contributed by atoms with Crippen LogP contribution in [0.3, 0.4) is 0 Å². The van der Waals surface area contributed by atoms with Crippen LogP contribution in [0.2, 0.25) is 0 Å². The van der Waals surface area contributed by atoms with E-state index in [2.05, 4.69) is 5.32 Å². The number of hydrogen-bond acceptors (Lipinski definition) is 5. The first-order valence-electron chi connectivity index (χ1n) is 7.80. The van der Waals surface area contributed by atoms with Gasteiger partial charge < -0.3 is 24.4 Å². The Morgan fingerprint density at radius 3 is 2.61 bits per heavy atom. The van der Waals surface area contributed by atoms with Crippen molar-refractivity contribution < 1.29 is 23.8 Å². The number of anilines is 1. The van der Waals surface area contributed by atoms with Gasteiger partial charge >= 0.3 is 0 Å². The molecule has 3 heterocycles. The molecule has 1 spiro atoms. The SMILES string of the molecule is O=C1Nc2ccccc2O[C@@H]1C(=O)N1CCC2(CC1)OCCO2. The highest BCUT2D eigenvalue weighted by atomic mass is 16.7. The zero-order valence-corrected chi connectivity index (χ0v) is 12.6. The maximum atomic E-state index is 12.6. The molecule has 3 aliphatic rings. The standard InChI is InChI=1S/C16H18N2O5/c19-14-13(23-12-4-2-1-3-11(12)17-14)15(20)18-7-5-16(6-8-18)21-9-10-22-16/h1-4,13H,5-10H2,(H,17,19)/t13-/m0/s1. The molecule has 23 heavy (non-hydrogen) atoms. The van der Waals surface area contributed by atoms with Gasteiger partial charge in [0.2, 0.25) is 0 Å². The molecular formula is C16H18N2O5. The van der Waals surface area contributed by atoms with Crippen molar-refractivity contribution in [2.45, 2.75) is 24.7 Å². The van der Waals surface area contributed by atoms with E-state index < -0.39 is 17.8 Å². The van der Waals surface area contributed by atoms with Crippen LogP contribution >= 0.6 is 0 Å². The summed E-state index contributed by atoms with van der Waals surface area (Å²) in [7, 11) is 0. The third kappa shape index (κ3) is 2.55. The molecule has 1 atom stereocenters. The van der Waals surface area contributed by atoms with Crippen molar-refractivity contribution in [2.75, 3.05) is 31.6 Å². The minimum Gasteiger partial charge on any atom is -0.468 e. The molecule has 0 saturated carbocycles. The van der Waals surface area contributed by atoms with Crippen LogP contribution in [0.1, 0.15) is 12.8 Å². The predicted molar refractivity (Wildman–Crippen MR) is 79.9 cm³/mol. The lowest BCUT2D eigenvalue weighted by Gasteiger charge is -2.39. The third-order valence-electron chi connectivity index (χ3n) is 4.50. The summed E-state index contributed by atoms with van der Waals surface area (Å²) in [5, 5.41) is 2.72.